The maximum absolute atomic E-state index is 12.6. The summed E-state index contributed by atoms with van der Waals surface area (Å²) in [7, 11) is -3.76. The van der Waals surface area contributed by atoms with E-state index in [-0.39, 0.29) is 10.8 Å². The van der Waals surface area contributed by atoms with Gasteiger partial charge in [0, 0.05) is 0 Å². The van der Waals surface area contributed by atoms with Crippen molar-refractivity contribution in [3.63, 3.8) is 0 Å². The van der Waals surface area contributed by atoms with E-state index in [4.69, 9.17) is 23.2 Å². The van der Waals surface area contributed by atoms with E-state index in [2.05, 4.69) is 28.7 Å². The number of hydrogen-bond donors (Lipinski definition) is 1. The van der Waals surface area contributed by atoms with Crippen molar-refractivity contribution in [2.75, 3.05) is 4.72 Å². The van der Waals surface area contributed by atoms with Crippen LogP contribution in [0.2, 0.25) is 10.0 Å². The van der Waals surface area contributed by atoms with Gasteiger partial charge in [-0.15, -0.1) is 5.10 Å². The van der Waals surface area contributed by atoms with Crippen LogP contribution in [-0.4, -0.2) is 23.2 Å². The van der Waals surface area contributed by atoms with Gasteiger partial charge < -0.3 is 0 Å². The Balaban J connectivity index is 1.72. The Morgan fingerprint density at radius 1 is 1.11 bits per heavy atom. The minimum absolute atomic E-state index is 0.00561. The molecular formula is C19H20Cl2N4O2S. The van der Waals surface area contributed by atoms with Crippen molar-refractivity contribution in [3.05, 3.63) is 70.0 Å². The molecular weight excluding hydrogens is 419 g/mol. The molecule has 0 bridgehead atoms. The summed E-state index contributed by atoms with van der Waals surface area (Å²) in [4.78, 5) is 4.19. The lowest BCUT2D eigenvalue weighted by Gasteiger charge is -2.10. The largest absolute Gasteiger partial charge is 0.264 e. The van der Waals surface area contributed by atoms with Crippen molar-refractivity contribution < 1.29 is 8.42 Å². The van der Waals surface area contributed by atoms with Crippen LogP contribution >= 0.6 is 23.2 Å². The van der Waals surface area contributed by atoms with Gasteiger partial charge >= 0.3 is 0 Å². The highest BCUT2D eigenvalue weighted by Gasteiger charge is 2.17. The van der Waals surface area contributed by atoms with Crippen LogP contribution < -0.4 is 4.72 Å². The molecule has 0 aliphatic heterocycles. The van der Waals surface area contributed by atoms with E-state index >= 15 is 0 Å². The standard InChI is InChI=1S/C19H20Cl2N4O2S/c1-3-13(2)15-5-7-16(8-6-15)28(26,27)24-19-22-12-25(23-19)11-14-4-9-17(20)18(21)10-14/h4-10,12-13H,3,11H2,1-2H3,(H,23,24). The van der Waals surface area contributed by atoms with Crippen LogP contribution in [-0.2, 0) is 16.6 Å². The molecule has 3 aromatic rings. The monoisotopic (exact) mass is 438 g/mol. The first-order valence-corrected chi connectivity index (χ1v) is 11.0. The normalized spacial score (nSPS) is 12.7. The van der Waals surface area contributed by atoms with Gasteiger partial charge in [-0.05, 0) is 47.7 Å². The molecule has 1 atom stereocenters. The molecule has 1 aromatic heterocycles. The molecule has 0 saturated carbocycles. The van der Waals surface area contributed by atoms with Crippen molar-refractivity contribution in [2.45, 2.75) is 37.6 Å². The molecule has 148 valence electrons. The lowest BCUT2D eigenvalue weighted by atomic mass is 9.99. The highest BCUT2D eigenvalue weighted by Crippen LogP contribution is 2.23. The van der Waals surface area contributed by atoms with Crippen LogP contribution in [0.15, 0.2) is 53.7 Å². The minimum atomic E-state index is -3.76. The predicted molar refractivity (Wildman–Crippen MR) is 112 cm³/mol. The summed E-state index contributed by atoms with van der Waals surface area (Å²) in [5.41, 5.74) is 1.97. The first-order valence-electron chi connectivity index (χ1n) is 8.74. The van der Waals surface area contributed by atoms with Crippen molar-refractivity contribution in [1.29, 1.82) is 0 Å². The molecule has 0 saturated heterocycles. The Bertz CT molecular complexity index is 1070. The van der Waals surface area contributed by atoms with E-state index in [1.54, 1.807) is 24.3 Å². The van der Waals surface area contributed by atoms with Crippen molar-refractivity contribution in [3.8, 4) is 0 Å². The molecule has 1 unspecified atom stereocenters. The van der Waals surface area contributed by atoms with Crippen LogP contribution in [0.1, 0.15) is 37.3 Å². The summed E-state index contributed by atoms with van der Waals surface area (Å²) in [5.74, 6) is 0.384. The molecule has 0 spiro atoms. The number of rotatable bonds is 7. The van der Waals surface area contributed by atoms with E-state index in [0.717, 1.165) is 17.5 Å². The average molecular weight is 439 g/mol. The summed E-state index contributed by atoms with van der Waals surface area (Å²) in [5, 5.41) is 5.08. The number of halogens is 2. The summed E-state index contributed by atoms with van der Waals surface area (Å²) < 4.78 is 29.1. The third-order valence-corrected chi connectivity index (χ3v) is 6.55. The van der Waals surface area contributed by atoms with Crippen LogP contribution in [0.4, 0.5) is 5.95 Å². The zero-order valence-corrected chi connectivity index (χ0v) is 17.8. The Labute approximate surface area is 174 Å². The molecule has 28 heavy (non-hydrogen) atoms. The third kappa shape index (κ3) is 4.84. The minimum Gasteiger partial charge on any atom is -0.246 e. The second-order valence-electron chi connectivity index (χ2n) is 6.50. The van der Waals surface area contributed by atoms with Crippen LogP contribution in [0.25, 0.3) is 0 Å². The lowest BCUT2D eigenvalue weighted by molar-refractivity contribution is 0.600. The second kappa shape index (κ2) is 8.51. The van der Waals surface area contributed by atoms with E-state index in [9.17, 15) is 8.42 Å². The molecule has 0 aliphatic carbocycles. The highest BCUT2D eigenvalue weighted by atomic mass is 35.5. The third-order valence-electron chi connectivity index (χ3n) is 4.46. The SMILES string of the molecule is CCC(C)c1ccc(S(=O)(=O)Nc2ncn(Cc3ccc(Cl)c(Cl)c3)n2)cc1. The number of benzene rings is 2. The highest BCUT2D eigenvalue weighted by molar-refractivity contribution is 7.92. The van der Waals surface area contributed by atoms with Crippen molar-refractivity contribution in [2.24, 2.45) is 0 Å². The molecule has 3 rings (SSSR count). The second-order valence-corrected chi connectivity index (χ2v) is 8.99. The topological polar surface area (TPSA) is 76.9 Å². The van der Waals surface area contributed by atoms with Crippen molar-refractivity contribution in [1.82, 2.24) is 14.8 Å². The molecule has 0 radical (unpaired) electrons. The van der Waals surface area contributed by atoms with Gasteiger partial charge in [-0.3, -0.25) is 0 Å². The fourth-order valence-electron chi connectivity index (χ4n) is 2.63. The Morgan fingerprint density at radius 3 is 2.46 bits per heavy atom. The number of anilines is 1. The number of nitrogens with zero attached hydrogens (tertiary/aromatic N) is 3. The quantitative estimate of drug-likeness (QED) is 0.565. The van der Waals surface area contributed by atoms with Gasteiger partial charge in [-0.1, -0.05) is 55.2 Å². The molecule has 0 fully saturated rings. The van der Waals surface area contributed by atoms with Gasteiger partial charge in [0.2, 0.25) is 0 Å². The predicted octanol–water partition coefficient (Wildman–Crippen LogP) is 4.95. The Hall–Kier alpha value is -2.09. The van der Waals surface area contributed by atoms with Gasteiger partial charge in [-0.25, -0.2) is 17.8 Å². The molecule has 2 aromatic carbocycles. The summed E-state index contributed by atoms with van der Waals surface area (Å²) in [6.45, 7) is 4.58. The van der Waals surface area contributed by atoms with Gasteiger partial charge in [0.1, 0.15) is 6.33 Å². The van der Waals surface area contributed by atoms with Crippen LogP contribution in [0, 0.1) is 0 Å². The maximum atomic E-state index is 12.6. The molecule has 1 heterocycles. The van der Waals surface area contributed by atoms with E-state index in [1.807, 2.05) is 18.2 Å². The summed E-state index contributed by atoms with van der Waals surface area (Å²) in [6.07, 6.45) is 2.44. The van der Waals surface area contributed by atoms with Gasteiger partial charge in [0.05, 0.1) is 21.5 Å². The Morgan fingerprint density at radius 2 is 1.82 bits per heavy atom. The summed E-state index contributed by atoms with van der Waals surface area (Å²) >= 11 is 11.9. The molecule has 9 heteroatoms. The van der Waals surface area contributed by atoms with E-state index < -0.39 is 10.0 Å². The van der Waals surface area contributed by atoms with E-state index in [0.29, 0.717) is 22.5 Å². The molecule has 6 nitrogen and oxygen atoms in total. The zero-order valence-electron chi connectivity index (χ0n) is 15.4. The fraction of sp³-hybridized carbons (Fsp3) is 0.263. The summed E-state index contributed by atoms with van der Waals surface area (Å²) in [6, 6.07) is 12.1. The maximum Gasteiger partial charge on any atom is 0.264 e. The number of hydrogen-bond acceptors (Lipinski definition) is 4. The molecule has 1 N–H and O–H groups in total. The molecule has 0 amide bonds. The first kappa shape index (κ1) is 20.6. The smallest absolute Gasteiger partial charge is 0.246 e. The van der Waals surface area contributed by atoms with Gasteiger partial charge in [-0.2, -0.15) is 4.98 Å². The Kier molecular flexibility index (Phi) is 6.27. The fourth-order valence-corrected chi connectivity index (χ4v) is 3.90. The number of nitrogens with one attached hydrogen (secondary N) is 1. The average Bonchev–Trinajstić information content (AvgIpc) is 3.10. The zero-order chi connectivity index (χ0) is 20.3. The van der Waals surface area contributed by atoms with Crippen LogP contribution in [0.3, 0.4) is 0 Å². The van der Waals surface area contributed by atoms with E-state index in [1.165, 1.54) is 11.0 Å². The number of aromatic nitrogens is 3. The van der Waals surface area contributed by atoms with Gasteiger partial charge in [0.15, 0.2) is 0 Å². The van der Waals surface area contributed by atoms with Crippen LogP contribution in [0.5, 0.6) is 0 Å². The molecule has 0 aliphatic rings. The lowest BCUT2D eigenvalue weighted by Crippen LogP contribution is -2.14. The first-order chi connectivity index (χ1) is 13.3. The van der Waals surface area contributed by atoms with Crippen molar-refractivity contribution >= 4 is 39.2 Å². The number of sulfonamides is 1. The van der Waals surface area contributed by atoms with Gasteiger partial charge in [0.25, 0.3) is 16.0 Å².